The van der Waals surface area contributed by atoms with Gasteiger partial charge in [0.05, 0.1) is 7.11 Å². The Morgan fingerprint density at radius 1 is 0.769 bits per heavy atom. The second-order valence-corrected chi connectivity index (χ2v) is 6.27. The monoisotopic (exact) mass is 348 g/mol. The predicted molar refractivity (Wildman–Crippen MR) is 103 cm³/mol. The molecule has 3 heteroatoms. The lowest BCUT2D eigenvalue weighted by Crippen LogP contribution is -2.00. The van der Waals surface area contributed by atoms with Crippen molar-refractivity contribution in [2.75, 3.05) is 7.11 Å². The highest BCUT2D eigenvalue weighted by molar-refractivity contribution is 6.09. The first-order valence-electron chi connectivity index (χ1n) is 8.61. The van der Waals surface area contributed by atoms with Gasteiger partial charge in [0.15, 0.2) is 11.6 Å². The van der Waals surface area contributed by atoms with Gasteiger partial charge in [-0.15, -0.1) is 0 Å². The van der Waals surface area contributed by atoms with Crippen molar-refractivity contribution < 1.29 is 13.5 Å². The average molecular weight is 348 g/mol. The maximum absolute atomic E-state index is 14.9. The third kappa shape index (κ3) is 2.43. The number of halogens is 2. The lowest BCUT2D eigenvalue weighted by molar-refractivity contribution is 0.389. The Morgan fingerprint density at radius 2 is 1.31 bits per heavy atom. The summed E-state index contributed by atoms with van der Waals surface area (Å²) in [5.74, 6) is -0.581. The van der Waals surface area contributed by atoms with Gasteiger partial charge in [0.25, 0.3) is 0 Å². The van der Waals surface area contributed by atoms with Gasteiger partial charge in [0.1, 0.15) is 5.82 Å². The van der Waals surface area contributed by atoms with Crippen LogP contribution in [0.2, 0.25) is 0 Å². The molecule has 130 valence electrons. The highest BCUT2D eigenvalue weighted by Gasteiger charge is 2.22. The number of rotatable bonds is 3. The predicted octanol–water partition coefficient (Wildman–Crippen LogP) is 6.51. The summed E-state index contributed by atoms with van der Waals surface area (Å²) in [7, 11) is 1.45. The van der Waals surface area contributed by atoms with E-state index < -0.39 is 5.82 Å². The Kier molecular flexibility index (Phi) is 4.08. The molecule has 0 aromatic heterocycles. The SMILES string of the molecule is CCc1c(F)cc2ccccc2c1-c1c(OC)c(F)cc2ccccc12. The topological polar surface area (TPSA) is 9.23 Å². The van der Waals surface area contributed by atoms with Crippen LogP contribution in [0, 0.1) is 11.6 Å². The van der Waals surface area contributed by atoms with E-state index in [1.807, 2.05) is 55.5 Å². The zero-order valence-corrected chi connectivity index (χ0v) is 14.6. The van der Waals surface area contributed by atoms with E-state index in [1.54, 1.807) is 6.07 Å². The first-order chi connectivity index (χ1) is 12.7. The quantitative estimate of drug-likeness (QED) is 0.410. The van der Waals surface area contributed by atoms with Gasteiger partial charge in [0.2, 0.25) is 0 Å². The Morgan fingerprint density at radius 3 is 1.88 bits per heavy atom. The Bertz CT molecular complexity index is 1040. The third-order valence-electron chi connectivity index (χ3n) is 4.87. The van der Waals surface area contributed by atoms with Crippen LogP contribution in [0.1, 0.15) is 12.5 Å². The zero-order chi connectivity index (χ0) is 18.3. The van der Waals surface area contributed by atoms with Gasteiger partial charge < -0.3 is 4.74 Å². The van der Waals surface area contributed by atoms with Crippen LogP contribution in [-0.2, 0) is 6.42 Å². The van der Waals surface area contributed by atoms with Crippen LogP contribution in [0.4, 0.5) is 8.78 Å². The molecule has 0 atom stereocenters. The second kappa shape index (κ2) is 6.41. The van der Waals surface area contributed by atoms with Gasteiger partial charge in [-0.1, -0.05) is 55.5 Å². The fourth-order valence-corrected chi connectivity index (χ4v) is 3.73. The molecule has 0 radical (unpaired) electrons. The minimum atomic E-state index is -0.448. The van der Waals surface area contributed by atoms with Gasteiger partial charge in [-0.2, -0.15) is 0 Å². The van der Waals surface area contributed by atoms with Gasteiger partial charge in [-0.3, -0.25) is 0 Å². The largest absolute Gasteiger partial charge is 0.493 e. The standard InChI is InChI=1S/C23H18F2O/c1-3-16-19(24)12-14-8-4-6-10-17(14)21(16)22-18-11-7-5-9-15(18)13-20(25)23(22)26-2/h4-13H,3H2,1-2H3. The summed E-state index contributed by atoms with van der Waals surface area (Å²) in [6.07, 6.45) is 0.500. The highest BCUT2D eigenvalue weighted by atomic mass is 19.1. The van der Waals surface area contributed by atoms with Crippen LogP contribution in [0.15, 0.2) is 60.7 Å². The van der Waals surface area contributed by atoms with Gasteiger partial charge >= 0.3 is 0 Å². The smallest absolute Gasteiger partial charge is 0.166 e. The van der Waals surface area contributed by atoms with E-state index in [-0.39, 0.29) is 11.6 Å². The molecular formula is C23H18F2O. The summed E-state index contributed by atoms with van der Waals surface area (Å²) < 4.78 is 35.1. The lowest BCUT2D eigenvalue weighted by Gasteiger charge is -2.19. The van der Waals surface area contributed by atoms with Crippen LogP contribution < -0.4 is 4.74 Å². The van der Waals surface area contributed by atoms with Crippen molar-refractivity contribution in [2.45, 2.75) is 13.3 Å². The normalized spacial score (nSPS) is 11.2. The molecule has 0 aliphatic carbocycles. The lowest BCUT2D eigenvalue weighted by atomic mass is 9.88. The molecule has 0 saturated heterocycles. The van der Waals surface area contributed by atoms with E-state index in [0.29, 0.717) is 23.1 Å². The van der Waals surface area contributed by atoms with Crippen molar-refractivity contribution in [3.8, 4) is 16.9 Å². The Balaban J connectivity index is 2.27. The molecule has 4 rings (SSSR count). The Hall–Kier alpha value is -2.94. The van der Waals surface area contributed by atoms with E-state index >= 15 is 0 Å². The molecule has 0 bridgehead atoms. The van der Waals surface area contributed by atoms with Gasteiger partial charge in [-0.25, -0.2) is 8.78 Å². The number of hydrogen-bond acceptors (Lipinski definition) is 1. The van der Waals surface area contributed by atoms with Crippen molar-refractivity contribution >= 4 is 21.5 Å². The molecular weight excluding hydrogens is 330 g/mol. The minimum Gasteiger partial charge on any atom is -0.493 e. The van der Waals surface area contributed by atoms with Gasteiger partial charge in [-0.05, 0) is 45.7 Å². The highest BCUT2D eigenvalue weighted by Crippen LogP contribution is 2.44. The third-order valence-corrected chi connectivity index (χ3v) is 4.87. The summed E-state index contributed by atoms with van der Waals surface area (Å²) in [4.78, 5) is 0. The van der Waals surface area contributed by atoms with Crippen LogP contribution in [0.5, 0.6) is 5.75 Å². The molecule has 0 spiro atoms. The van der Waals surface area contributed by atoms with Crippen LogP contribution in [-0.4, -0.2) is 7.11 Å². The first kappa shape index (κ1) is 16.5. The maximum Gasteiger partial charge on any atom is 0.166 e. The van der Waals surface area contributed by atoms with E-state index in [2.05, 4.69) is 0 Å². The van der Waals surface area contributed by atoms with E-state index in [0.717, 1.165) is 21.5 Å². The summed E-state index contributed by atoms with van der Waals surface area (Å²) in [5.41, 5.74) is 1.88. The molecule has 0 aliphatic heterocycles. The summed E-state index contributed by atoms with van der Waals surface area (Å²) in [6, 6.07) is 18.2. The van der Waals surface area contributed by atoms with Crippen molar-refractivity contribution in [3.05, 3.63) is 77.9 Å². The fraction of sp³-hybridized carbons (Fsp3) is 0.130. The molecule has 0 heterocycles. The molecule has 0 amide bonds. The van der Waals surface area contributed by atoms with E-state index in [1.165, 1.54) is 13.2 Å². The van der Waals surface area contributed by atoms with Crippen molar-refractivity contribution in [1.29, 1.82) is 0 Å². The second-order valence-electron chi connectivity index (χ2n) is 6.27. The number of benzene rings is 4. The molecule has 0 aliphatic rings. The summed E-state index contributed by atoms with van der Waals surface area (Å²) in [6.45, 7) is 1.91. The van der Waals surface area contributed by atoms with E-state index in [4.69, 9.17) is 4.74 Å². The molecule has 26 heavy (non-hydrogen) atoms. The molecule has 4 aromatic rings. The zero-order valence-electron chi connectivity index (χ0n) is 14.6. The number of methoxy groups -OCH3 is 1. The average Bonchev–Trinajstić information content (AvgIpc) is 2.66. The summed E-state index contributed by atoms with van der Waals surface area (Å²) >= 11 is 0. The van der Waals surface area contributed by atoms with Crippen LogP contribution in [0.3, 0.4) is 0 Å². The van der Waals surface area contributed by atoms with E-state index in [9.17, 15) is 8.78 Å². The first-order valence-corrected chi connectivity index (χ1v) is 8.61. The number of hydrogen-bond donors (Lipinski definition) is 0. The van der Waals surface area contributed by atoms with Gasteiger partial charge in [0, 0.05) is 11.1 Å². The van der Waals surface area contributed by atoms with Crippen molar-refractivity contribution in [3.63, 3.8) is 0 Å². The summed E-state index contributed by atoms with van der Waals surface area (Å²) in [5, 5.41) is 3.28. The van der Waals surface area contributed by atoms with Crippen molar-refractivity contribution in [2.24, 2.45) is 0 Å². The molecule has 0 fully saturated rings. The molecule has 1 nitrogen and oxygen atoms in total. The fourth-order valence-electron chi connectivity index (χ4n) is 3.73. The maximum atomic E-state index is 14.9. The van der Waals surface area contributed by atoms with Crippen LogP contribution >= 0.6 is 0 Å². The number of fused-ring (bicyclic) bond motifs is 2. The molecule has 0 N–H and O–H groups in total. The minimum absolute atomic E-state index is 0.147. The number of ether oxygens (including phenoxy) is 1. The molecule has 0 saturated carbocycles. The molecule has 0 unspecified atom stereocenters. The van der Waals surface area contributed by atoms with Crippen molar-refractivity contribution in [1.82, 2.24) is 0 Å². The Labute approximate surface area is 150 Å². The molecule has 4 aromatic carbocycles. The van der Waals surface area contributed by atoms with Crippen LogP contribution in [0.25, 0.3) is 32.7 Å².